The minimum absolute atomic E-state index is 0.0189. The van der Waals surface area contributed by atoms with Gasteiger partial charge in [-0.1, -0.05) is 18.2 Å². The van der Waals surface area contributed by atoms with E-state index in [2.05, 4.69) is 20.3 Å². The van der Waals surface area contributed by atoms with Crippen LogP contribution in [-0.2, 0) is 6.54 Å². The molecule has 0 fully saturated rings. The maximum atomic E-state index is 12.9. The fourth-order valence-electron chi connectivity index (χ4n) is 3.29. The molecule has 4 rings (SSSR count). The smallest absolute Gasteiger partial charge is 0.186 e. The van der Waals surface area contributed by atoms with Crippen LogP contribution in [0.2, 0.25) is 0 Å². The number of rotatable bonds is 3. The van der Waals surface area contributed by atoms with Crippen LogP contribution in [0.25, 0.3) is 11.4 Å². The summed E-state index contributed by atoms with van der Waals surface area (Å²) in [6.45, 7) is 4.22. The van der Waals surface area contributed by atoms with Gasteiger partial charge in [0.1, 0.15) is 5.82 Å². The third kappa shape index (κ3) is 3.19. The van der Waals surface area contributed by atoms with Gasteiger partial charge in [0.25, 0.3) is 0 Å². The van der Waals surface area contributed by atoms with Crippen LogP contribution < -0.4 is 5.32 Å². The molecule has 3 N–H and O–H groups in total. The first-order chi connectivity index (χ1) is 13.0. The van der Waals surface area contributed by atoms with Crippen LogP contribution in [0.5, 0.6) is 0 Å². The molecule has 3 heterocycles. The van der Waals surface area contributed by atoms with Gasteiger partial charge < -0.3 is 15.2 Å². The van der Waals surface area contributed by atoms with Crippen LogP contribution in [0.1, 0.15) is 28.8 Å². The lowest BCUT2D eigenvalue weighted by atomic mass is 10.0. The molecule has 0 spiro atoms. The topological polar surface area (TPSA) is 97.8 Å². The van der Waals surface area contributed by atoms with Gasteiger partial charge in [0.05, 0.1) is 41.6 Å². The summed E-state index contributed by atoms with van der Waals surface area (Å²) in [5, 5.41) is 11.3. The van der Waals surface area contributed by atoms with Gasteiger partial charge in [-0.2, -0.15) is 0 Å². The lowest BCUT2D eigenvalue weighted by Gasteiger charge is -2.27. The van der Waals surface area contributed by atoms with E-state index in [1.54, 1.807) is 18.0 Å². The Morgan fingerprint density at radius 1 is 1.22 bits per heavy atom. The lowest BCUT2D eigenvalue weighted by molar-refractivity contribution is 0.0944. The number of ketones is 1. The Hall–Kier alpha value is -3.48. The number of nitrogens with one attached hydrogen (secondary N) is 3. The van der Waals surface area contributed by atoms with Crippen LogP contribution in [0, 0.1) is 12.3 Å². The second kappa shape index (κ2) is 6.68. The van der Waals surface area contributed by atoms with Crippen LogP contribution in [0.15, 0.2) is 42.6 Å². The third-order valence-corrected chi connectivity index (χ3v) is 4.59. The highest BCUT2D eigenvalue weighted by atomic mass is 16.1. The molecule has 0 atom stereocenters. The molecule has 7 nitrogen and oxygen atoms in total. The molecule has 2 aromatic heterocycles. The molecule has 0 unspecified atom stereocenters. The number of carbonyl (C=O) groups is 1. The van der Waals surface area contributed by atoms with E-state index >= 15 is 0 Å². The maximum absolute atomic E-state index is 12.9. The largest absolute Gasteiger partial charge is 0.353 e. The lowest BCUT2D eigenvalue weighted by Crippen LogP contribution is -2.37. The normalized spacial score (nSPS) is 13.4. The number of anilines is 2. The fourth-order valence-corrected chi connectivity index (χ4v) is 3.29. The summed E-state index contributed by atoms with van der Waals surface area (Å²) in [6.07, 6.45) is 1.71. The molecule has 0 amide bonds. The Morgan fingerprint density at radius 2 is 2.00 bits per heavy atom. The third-order valence-electron chi connectivity index (χ3n) is 4.59. The Balaban J connectivity index is 1.86. The molecule has 0 saturated carbocycles. The second-order valence-electron chi connectivity index (χ2n) is 6.57. The van der Waals surface area contributed by atoms with E-state index in [0.29, 0.717) is 23.8 Å². The molecular formula is C20H20N6O. The number of aryl methyl sites for hydroxylation is 1. The van der Waals surface area contributed by atoms with Crippen molar-refractivity contribution in [1.82, 2.24) is 19.9 Å². The van der Waals surface area contributed by atoms with Gasteiger partial charge >= 0.3 is 0 Å². The number of fused-ring (bicyclic) bond motifs is 1. The Morgan fingerprint density at radius 3 is 2.70 bits per heavy atom. The van der Waals surface area contributed by atoms with Crippen LogP contribution in [0.3, 0.4) is 0 Å². The summed E-state index contributed by atoms with van der Waals surface area (Å²) >= 11 is 0. The standard InChI is InChI=1S/C20H20N6O/c1-12(21)26-10-16-18(17(27)11-26)20(24-14-6-4-3-5-7-14)19(25-16)15-8-9-22-13(2)23-15/h3-9,21,24-25H,10-11H2,1-2H3. The quantitative estimate of drug-likeness (QED) is 0.490. The molecule has 27 heavy (non-hydrogen) atoms. The van der Waals surface area contributed by atoms with Gasteiger partial charge in [0.15, 0.2) is 5.78 Å². The predicted molar refractivity (Wildman–Crippen MR) is 104 cm³/mol. The van der Waals surface area contributed by atoms with Crippen molar-refractivity contribution < 1.29 is 4.79 Å². The number of hydrogen-bond donors (Lipinski definition) is 3. The molecule has 7 heteroatoms. The number of amidine groups is 1. The molecule has 0 saturated heterocycles. The van der Waals surface area contributed by atoms with Gasteiger partial charge in [-0.15, -0.1) is 0 Å². The number of benzene rings is 1. The summed E-state index contributed by atoms with van der Waals surface area (Å²) in [4.78, 5) is 26.7. The molecule has 136 valence electrons. The summed E-state index contributed by atoms with van der Waals surface area (Å²) < 4.78 is 0. The van der Waals surface area contributed by atoms with Crippen molar-refractivity contribution in [3.05, 3.63) is 59.7 Å². The molecule has 0 bridgehead atoms. The Kier molecular flexibility index (Phi) is 4.19. The van der Waals surface area contributed by atoms with E-state index in [1.165, 1.54) is 0 Å². The molecule has 3 aromatic rings. The fraction of sp³-hybridized carbons (Fsp3) is 0.200. The van der Waals surface area contributed by atoms with E-state index in [1.807, 2.05) is 43.3 Å². The van der Waals surface area contributed by atoms with Crippen molar-refractivity contribution in [3.8, 4) is 11.4 Å². The zero-order chi connectivity index (χ0) is 19.0. The van der Waals surface area contributed by atoms with Gasteiger partial charge in [0.2, 0.25) is 0 Å². The molecule has 1 aliphatic heterocycles. The van der Waals surface area contributed by atoms with Gasteiger partial charge in [0, 0.05) is 17.6 Å². The van der Waals surface area contributed by atoms with Crippen molar-refractivity contribution in [1.29, 1.82) is 5.41 Å². The number of aromatic amines is 1. The number of para-hydroxylation sites is 1. The number of hydrogen-bond acceptors (Lipinski definition) is 5. The van der Waals surface area contributed by atoms with Crippen LogP contribution in [0.4, 0.5) is 11.4 Å². The van der Waals surface area contributed by atoms with Gasteiger partial charge in [-0.3, -0.25) is 10.2 Å². The highest BCUT2D eigenvalue weighted by molar-refractivity contribution is 6.09. The number of carbonyl (C=O) groups excluding carboxylic acids is 1. The van der Waals surface area contributed by atoms with E-state index in [0.717, 1.165) is 28.5 Å². The Bertz CT molecular complexity index is 1020. The van der Waals surface area contributed by atoms with Crippen LogP contribution >= 0.6 is 0 Å². The van der Waals surface area contributed by atoms with Crippen molar-refractivity contribution in [2.45, 2.75) is 20.4 Å². The number of Topliss-reactive ketones (excluding diaryl/α,β-unsaturated/α-hetero) is 1. The minimum atomic E-state index is -0.0189. The molecule has 0 radical (unpaired) electrons. The molecular weight excluding hydrogens is 340 g/mol. The zero-order valence-corrected chi connectivity index (χ0v) is 15.2. The van der Waals surface area contributed by atoms with Crippen LogP contribution in [-0.4, -0.2) is 38.0 Å². The summed E-state index contributed by atoms with van der Waals surface area (Å²) in [6, 6.07) is 11.6. The molecule has 1 aliphatic rings. The van der Waals surface area contributed by atoms with Crippen molar-refractivity contribution >= 4 is 23.0 Å². The van der Waals surface area contributed by atoms with Crippen molar-refractivity contribution in [2.24, 2.45) is 0 Å². The highest BCUT2D eigenvalue weighted by Gasteiger charge is 2.31. The first kappa shape index (κ1) is 17.0. The van der Waals surface area contributed by atoms with Crippen molar-refractivity contribution in [2.75, 3.05) is 11.9 Å². The van der Waals surface area contributed by atoms with E-state index in [-0.39, 0.29) is 12.3 Å². The number of aromatic nitrogens is 3. The predicted octanol–water partition coefficient (Wildman–Crippen LogP) is 3.52. The average Bonchev–Trinajstić information content (AvgIpc) is 3.01. The Labute approximate surface area is 157 Å². The monoisotopic (exact) mass is 360 g/mol. The zero-order valence-electron chi connectivity index (χ0n) is 15.2. The molecule has 1 aromatic carbocycles. The maximum Gasteiger partial charge on any atom is 0.186 e. The first-order valence-electron chi connectivity index (χ1n) is 8.73. The minimum Gasteiger partial charge on any atom is -0.353 e. The summed E-state index contributed by atoms with van der Waals surface area (Å²) in [5.41, 5.74) is 4.53. The van der Waals surface area contributed by atoms with Gasteiger partial charge in [-0.05, 0) is 32.0 Å². The van der Waals surface area contributed by atoms with E-state index in [4.69, 9.17) is 5.41 Å². The van der Waals surface area contributed by atoms with E-state index < -0.39 is 0 Å². The summed E-state index contributed by atoms with van der Waals surface area (Å²) in [7, 11) is 0. The van der Waals surface area contributed by atoms with Crippen molar-refractivity contribution in [3.63, 3.8) is 0 Å². The average molecular weight is 360 g/mol. The molecule has 0 aliphatic carbocycles. The second-order valence-corrected chi connectivity index (χ2v) is 6.57. The highest BCUT2D eigenvalue weighted by Crippen LogP contribution is 2.37. The number of nitrogens with zero attached hydrogens (tertiary/aromatic N) is 3. The van der Waals surface area contributed by atoms with E-state index in [9.17, 15) is 4.79 Å². The number of H-pyrrole nitrogens is 1. The summed E-state index contributed by atoms with van der Waals surface area (Å²) in [5.74, 6) is 1.02. The SMILES string of the molecule is CC(=N)N1CC(=O)c2c([nH]c(-c3ccnc(C)n3)c2Nc2ccccc2)C1. The first-order valence-corrected chi connectivity index (χ1v) is 8.73. The van der Waals surface area contributed by atoms with Gasteiger partial charge in [-0.25, -0.2) is 9.97 Å².